The van der Waals surface area contributed by atoms with Crippen molar-refractivity contribution in [3.8, 4) is 0 Å². The van der Waals surface area contributed by atoms with Gasteiger partial charge in [-0.05, 0) is 31.0 Å². The van der Waals surface area contributed by atoms with Crippen molar-refractivity contribution in [3.05, 3.63) is 17.0 Å². The SMILES string of the molecule is CCOC(=O)[C@@H](C)C(=C=CC(C)C)[Si](C)(C)C. The topological polar surface area (TPSA) is 26.3 Å². The van der Waals surface area contributed by atoms with Crippen LogP contribution in [-0.2, 0) is 9.53 Å². The van der Waals surface area contributed by atoms with E-state index in [0.29, 0.717) is 12.5 Å². The monoisotopic (exact) mass is 254 g/mol. The summed E-state index contributed by atoms with van der Waals surface area (Å²) in [5.74, 6) is 0.155. The molecule has 0 N–H and O–H groups in total. The third-order valence-electron chi connectivity index (χ3n) is 2.45. The number of carbonyl (C=O) groups excluding carboxylic acids is 1. The zero-order valence-electron chi connectivity index (χ0n) is 12.3. The average molecular weight is 254 g/mol. The van der Waals surface area contributed by atoms with Crippen molar-refractivity contribution < 1.29 is 9.53 Å². The van der Waals surface area contributed by atoms with Gasteiger partial charge in [-0.3, -0.25) is 4.79 Å². The van der Waals surface area contributed by atoms with Crippen molar-refractivity contribution in [2.24, 2.45) is 11.8 Å². The largest absolute Gasteiger partial charge is 0.466 e. The number of rotatable bonds is 5. The summed E-state index contributed by atoms with van der Waals surface area (Å²) in [5, 5.41) is 1.14. The summed E-state index contributed by atoms with van der Waals surface area (Å²) in [4.78, 5) is 11.8. The van der Waals surface area contributed by atoms with Crippen LogP contribution >= 0.6 is 0 Å². The summed E-state index contributed by atoms with van der Waals surface area (Å²) in [5.41, 5.74) is 3.35. The standard InChI is InChI=1S/C14H26O2Si/c1-8-16-14(15)12(4)13(17(5,6)7)10-9-11(2)3/h9,11-12H,8H2,1-7H3/t10?,12-/m0/s1. The second-order valence-corrected chi connectivity index (χ2v) is 10.7. The number of carbonyl (C=O) groups is 1. The van der Waals surface area contributed by atoms with Gasteiger partial charge in [0.1, 0.15) is 0 Å². The van der Waals surface area contributed by atoms with E-state index in [-0.39, 0.29) is 11.9 Å². The molecule has 0 saturated carbocycles. The van der Waals surface area contributed by atoms with E-state index in [9.17, 15) is 4.79 Å². The minimum Gasteiger partial charge on any atom is -0.466 e. The summed E-state index contributed by atoms with van der Waals surface area (Å²) in [7, 11) is -1.53. The Balaban J connectivity index is 5.22. The van der Waals surface area contributed by atoms with Crippen molar-refractivity contribution in [1.29, 1.82) is 0 Å². The van der Waals surface area contributed by atoms with Crippen LogP contribution in [0.5, 0.6) is 0 Å². The van der Waals surface area contributed by atoms with E-state index in [1.165, 1.54) is 0 Å². The van der Waals surface area contributed by atoms with Gasteiger partial charge in [-0.15, -0.1) is 5.73 Å². The highest BCUT2D eigenvalue weighted by molar-refractivity contribution is 6.83. The molecular formula is C14H26O2Si. The van der Waals surface area contributed by atoms with Gasteiger partial charge in [0.25, 0.3) is 0 Å². The minimum atomic E-state index is -1.53. The number of hydrogen-bond donors (Lipinski definition) is 0. The Hall–Kier alpha value is -0.793. The summed E-state index contributed by atoms with van der Waals surface area (Å²) in [6.07, 6.45) is 2.04. The minimum absolute atomic E-state index is 0.130. The Morgan fingerprint density at radius 1 is 1.29 bits per heavy atom. The predicted molar refractivity (Wildman–Crippen MR) is 75.6 cm³/mol. The van der Waals surface area contributed by atoms with Crippen LogP contribution in [-0.4, -0.2) is 20.7 Å². The number of hydrogen-bond acceptors (Lipinski definition) is 2. The van der Waals surface area contributed by atoms with Crippen LogP contribution in [0.3, 0.4) is 0 Å². The molecule has 0 aromatic heterocycles. The summed E-state index contributed by atoms with van der Waals surface area (Å²) in [6.45, 7) is 15.1. The molecule has 1 atom stereocenters. The Morgan fingerprint density at radius 3 is 2.18 bits per heavy atom. The van der Waals surface area contributed by atoms with Crippen LogP contribution < -0.4 is 0 Å². The molecule has 0 bridgehead atoms. The van der Waals surface area contributed by atoms with Crippen molar-refractivity contribution in [2.45, 2.75) is 47.3 Å². The lowest BCUT2D eigenvalue weighted by Crippen LogP contribution is -2.32. The van der Waals surface area contributed by atoms with Crippen LogP contribution in [0.1, 0.15) is 27.7 Å². The van der Waals surface area contributed by atoms with E-state index in [2.05, 4.69) is 39.2 Å². The normalized spacial score (nSPS) is 12.9. The van der Waals surface area contributed by atoms with Gasteiger partial charge in [-0.1, -0.05) is 33.5 Å². The molecule has 0 radical (unpaired) electrons. The van der Waals surface area contributed by atoms with Crippen LogP contribution in [0.25, 0.3) is 0 Å². The lowest BCUT2D eigenvalue weighted by Gasteiger charge is -2.23. The van der Waals surface area contributed by atoms with Gasteiger partial charge in [0, 0.05) is 0 Å². The highest BCUT2D eigenvalue weighted by Gasteiger charge is 2.29. The summed E-state index contributed by atoms with van der Waals surface area (Å²) >= 11 is 0. The Kier molecular flexibility index (Phi) is 6.51. The van der Waals surface area contributed by atoms with E-state index < -0.39 is 8.07 Å². The molecule has 0 aliphatic carbocycles. The maximum Gasteiger partial charge on any atom is 0.313 e. The van der Waals surface area contributed by atoms with Gasteiger partial charge in [-0.25, -0.2) is 0 Å². The van der Waals surface area contributed by atoms with Crippen molar-refractivity contribution in [3.63, 3.8) is 0 Å². The molecule has 0 spiro atoms. The molecule has 0 aromatic rings. The Morgan fingerprint density at radius 2 is 1.82 bits per heavy atom. The molecule has 2 nitrogen and oxygen atoms in total. The zero-order valence-corrected chi connectivity index (χ0v) is 13.3. The first kappa shape index (κ1) is 16.2. The smallest absolute Gasteiger partial charge is 0.313 e. The molecular weight excluding hydrogens is 228 g/mol. The fourth-order valence-corrected chi connectivity index (χ4v) is 3.57. The zero-order chi connectivity index (χ0) is 13.6. The quantitative estimate of drug-likeness (QED) is 0.424. The van der Waals surface area contributed by atoms with Gasteiger partial charge >= 0.3 is 5.97 Å². The molecule has 3 heteroatoms. The molecule has 0 aromatic carbocycles. The van der Waals surface area contributed by atoms with E-state index in [0.717, 1.165) is 5.20 Å². The summed E-state index contributed by atoms with van der Waals surface area (Å²) in [6, 6.07) is 0. The Labute approximate surface area is 107 Å². The molecule has 0 unspecified atom stereocenters. The first-order valence-corrected chi connectivity index (χ1v) is 9.84. The first-order valence-electron chi connectivity index (χ1n) is 6.34. The number of esters is 1. The van der Waals surface area contributed by atoms with E-state index in [1.54, 1.807) is 0 Å². The second kappa shape index (κ2) is 6.82. The first-order chi connectivity index (χ1) is 7.70. The van der Waals surface area contributed by atoms with Crippen LogP contribution in [0, 0.1) is 11.8 Å². The Bertz CT molecular complexity index is 318. The van der Waals surface area contributed by atoms with Crippen molar-refractivity contribution in [2.75, 3.05) is 6.61 Å². The lowest BCUT2D eigenvalue weighted by molar-refractivity contribution is -0.145. The maximum atomic E-state index is 11.8. The van der Waals surface area contributed by atoms with Gasteiger partial charge in [0.15, 0.2) is 0 Å². The lowest BCUT2D eigenvalue weighted by atomic mass is 10.1. The van der Waals surface area contributed by atoms with E-state index in [1.807, 2.05) is 19.9 Å². The van der Waals surface area contributed by atoms with Crippen LogP contribution in [0.2, 0.25) is 19.6 Å². The fourth-order valence-electron chi connectivity index (χ4n) is 1.63. The maximum absolute atomic E-state index is 11.8. The highest BCUT2D eigenvalue weighted by atomic mass is 28.3. The summed E-state index contributed by atoms with van der Waals surface area (Å²) < 4.78 is 5.10. The van der Waals surface area contributed by atoms with E-state index in [4.69, 9.17) is 4.74 Å². The van der Waals surface area contributed by atoms with Gasteiger partial charge in [0.05, 0.1) is 20.6 Å². The van der Waals surface area contributed by atoms with Gasteiger partial charge in [-0.2, -0.15) is 0 Å². The molecule has 0 aliphatic rings. The van der Waals surface area contributed by atoms with Crippen molar-refractivity contribution in [1.82, 2.24) is 0 Å². The highest BCUT2D eigenvalue weighted by Crippen LogP contribution is 2.23. The van der Waals surface area contributed by atoms with E-state index >= 15 is 0 Å². The number of ether oxygens (including phenoxy) is 1. The fraction of sp³-hybridized carbons (Fsp3) is 0.714. The predicted octanol–water partition coefficient (Wildman–Crippen LogP) is 3.80. The molecule has 0 fully saturated rings. The molecule has 98 valence electrons. The third kappa shape index (κ3) is 5.90. The molecule has 0 rings (SSSR count). The van der Waals surface area contributed by atoms with Gasteiger partial charge in [0.2, 0.25) is 0 Å². The molecule has 0 amide bonds. The van der Waals surface area contributed by atoms with Crippen LogP contribution in [0.4, 0.5) is 0 Å². The van der Waals surface area contributed by atoms with Gasteiger partial charge < -0.3 is 4.74 Å². The average Bonchev–Trinajstić information content (AvgIpc) is 2.15. The molecule has 0 heterocycles. The second-order valence-electron chi connectivity index (χ2n) is 5.69. The van der Waals surface area contributed by atoms with Crippen LogP contribution in [0.15, 0.2) is 17.0 Å². The molecule has 17 heavy (non-hydrogen) atoms. The molecule has 0 aliphatic heterocycles. The van der Waals surface area contributed by atoms with Crippen molar-refractivity contribution >= 4 is 14.0 Å². The third-order valence-corrected chi connectivity index (χ3v) is 4.65. The molecule has 0 saturated heterocycles.